The molecule has 2 rings (SSSR count). The molecule has 0 fully saturated rings. The zero-order valence-corrected chi connectivity index (χ0v) is 15.9. The molecule has 0 spiro atoms. The van der Waals surface area contributed by atoms with Crippen LogP contribution in [0.2, 0.25) is 0 Å². The second kappa shape index (κ2) is 12.6. The molecule has 4 heteroatoms. The lowest BCUT2D eigenvalue weighted by Gasteiger charge is -2.08. The molecule has 0 saturated heterocycles. The van der Waals surface area contributed by atoms with Gasteiger partial charge >= 0.3 is 0 Å². The first kappa shape index (κ1) is 20.6. The molecule has 0 radical (unpaired) electrons. The van der Waals surface area contributed by atoms with Gasteiger partial charge in [-0.25, -0.2) is 0 Å². The SMILES string of the molecule is Cc1ccc(COCCOCCOCCOCc2ccc(C)cc2)cc1. The van der Waals surface area contributed by atoms with E-state index in [4.69, 9.17) is 18.9 Å². The van der Waals surface area contributed by atoms with Crippen molar-refractivity contribution in [2.24, 2.45) is 0 Å². The molecule has 0 aliphatic carbocycles. The molecule has 2 aromatic rings. The van der Waals surface area contributed by atoms with Crippen molar-refractivity contribution in [3.05, 3.63) is 70.8 Å². The third-order valence-electron chi connectivity index (χ3n) is 3.89. The molecule has 2 aromatic carbocycles. The summed E-state index contributed by atoms with van der Waals surface area (Å²) in [5.41, 5.74) is 4.89. The molecule has 0 amide bonds. The van der Waals surface area contributed by atoms with Gasteiger partial charge in [0.25, 0.3) is 0 Å². The van der Waals surface area contributed by atoms with Crippen LogP contribution >= 0.6 is 0 Å². The number of benzene rings is 2. The molecule has 0 aliphatic rings. The normalized spacial score (nSPS) is 11.0. The fourth-order valence-electron chi connectivity index (χ4n) is 2.31. The summed E-state index contributed by atoms with van der Waals surface area (Å²) >= 11 is 0. The Labute approximate surface area is 157 Å². The highest BCUT2D eigenvalue weighted by atomic mass is 16.6. The number of rotatable bonds is 13. The molecule has 0 aliphatic heterocycles. The van der Waals surface area contributed by atoms with Crippen molar-refractivity contribution >= 4 is 0 Å². The van der Waals surface area contributed by atoms with Crippen LogP contribution in [0.1, 0.15) is 22.3 Å². The van der Waals surface area contributed by atoms with Gasteiger partial charge in [0.2, 0.25) is 0 Å². The van der Waals surface area contributed by atoms with Crippen LogP contribution in [-0.2, 0) is 32.2 Å². The van der Waals surface area contributed by atoms with E-state index in [1.165, 1.54) is 22.3 Å². The van der Waals surface area contributed by atoms with Crippen molar-refractivity contribution in [1.29, 1.82) is 0 Å². The molecular weight excluding hydrogens is 328 g/mol. The summed E-state index contributed by atoms with van der Waals surface area (Å²) < 4.78 is 22.1. The van der Waals surface area contributed by atoms with Gasteiger partial charge in [-0.15, -0.1) is 0 Å². The lowest BCUT2D eigenvalue weighted by Crippen LogP contribution is -2.11. The van der Waals surface area contributed by atoms with E-state index in [0.29, 0.717) is 52.9 Å². The Morgan fingerprint density at radius 2 is 0.769 bits per heavy atom. The minimum Gasteiger partial charge on any atom is -0.377 e. The van der Waals surface area contributed by atoms with E-state index in [2.05, 4.69) is 62.4 Å². The standard InChI is InChI=1S/C22H30O4/c1-19-3-7-21(8-4-19)17-25-15-13-23-11-12-24-14-16-26-18-22-9-5-20(2)6-10-22/h3-10H,11-18H2,1-2H3. The molecular formula is C22H30O4. The van der Waals surface area contributed by atoms with Gasteiger partial charge in [0.1, 0.15) is 0 Å². The van der Waals surface area contributed by atoms with Crippen molar-refractivity contribution in [3.63, 3.8) is 0 Å². The van der Waals surface area contributed by atoms with Gasteiger partial charge in [-0.05, 0) is 25.0 Å². The van der Waals surface area contributed by atoms with Gasteiger partial charge in [0, 0.05) is 0 Å². The maximum absolute atomic E-state index is 5.58. The van der Waals surface area contributed by atoms with Crippen LogP contribution < -0.4 is 0 Å². The van der Waals surface area contributed by atoms with Crippen LogP contribution in [0.5, 0.6) is 0 Å². The number of hydrogen-bond donors (Lipinski definition) is 0. The quantitative estimate of drug-likeness (QED) is 0.506. The molecule has 4 nitrogen and oxygen atoms in total. The largest absolute Gasteiger partial charge is 0.377 e. The van der Waals surface area contributed by atoms with Crippen molar-refractivity contribution in [2.75, 3.05) is 39.6 Å². The molecule has 0 aromatic heterocycles. The van der Waals surface area contributed by atoms with E-state index in [9.17, 15) is 0 Å². The van der Waals surface area contributed by atoms with Gasteiger partial charge in [-0.1, -0.05) is 59.7 Å². The third-order valence-corrected chi connectivity index (χ3v) is 3.89. The summed E-state index contributed by atoms with van der Waals surface area (Å²) in [5, 5.41) is 0. The van der Waals surface area contributed by atoms with E-state index < -0.39 is 0 Å². The Hall–Kier alpha value is -1.72. The summed E-state index contributed by atoms with van der Waals surface area (Å²) in [6.45, 7) is 8.90. The summed E-state index contributed by atoms with van der Waals surface area (Å²) in [6, 6.07) is 16.7. The van der Waals surface area contributed by atoms with Crippen LogP contribution in [0.25, 0.3) is 0 Å². The molecule has 26 heavy (non-hydrogen) atoms. The van der Waals surface area contributed by atoms with Crippen molar-refractivity contribution < 1.29 is 18.9 Å². The maximum atomic E-state index is 5.58. The maximum Gasteiger partial charge on any atom is 0.0718 e. The van der Waals surface area contributed by atoms with Crippen molar-refractivity contribution in [3.8, 4) is 0 Å². The molecule has 0 heterocycles. The summed E-state index contributed by atoms with van der Waals surface area (Å²) in [6.07, 6.45) is 0. The number of ether oxygens (including phenoxy) is 4. The van der Waals surface area contributed by atoms with E-state index in [0.717, 1.165) is 0 Å². The van der Waals surface area contributed by atoms with Crippen LogP contribution in [-0.4, -0.2) is 39.6 Å². The Kier molecular flexibility index (Phi) is 9.98. The lowest BCUT2D eigenvalue weighted by molar-refractivity contribution is -0.00618. The number of aryl methyl sites for hydroxylation is 2. The smallest absolute Gasteiger partial charge is 0.0718 e. The Morgan fingerprint density at radius 1 is 0.462 bits per heavy atom. The fourth-order valence-corrected chi connectivity index (χ4v) is 2.31. The Balaban J connectivity index is 1.35. The summed E-state index contributed by atoms with van der Waals surface area (Å²) in [7, 11) is 0. The highest BCUT2D eigenvalue weighted by molar-refractivity contribution is 5.21. The third kappa shape index (κ3) is 9.11. The average molecular weight is 358 g/mol. The molecule has 0 unspecified atom stereocenters. The monoisotopic (exact) mass is 358 g/mol. The van der Waals surface area contributed by atoms with E-state index in [1.807, 2.05) is 0 Å². The summed E-state index contributed by atoms with van der Waals surface area (Å²) in [5.74, 6) is 0. The first-order valence-corrected chi connectivity index (χ1v) is 9.16. The van der Waals surface area contributed by atoms with Crippen LogP contribution in [0.15, 0.2) is 48.5 Å². The van der Waals surface area contributed by atoms with Gasteiger partial charge in [0.15, 0.2) is 0 Å². The predicted octanol–water partition coefficient (Wildman–Crippen LogP) is 4.07. The molecule has 0 bridgehead atoms. The Morgan fingerprint density at radius 3 is 1.12 bits per heavy atom. The molecule has 142 valence electrons. The van der Waals surface area contributed by atoms with Crippen molar-refractivity contribution in [1.82, 2.24) is 0 Å². The van der Waals surface area contributed by atoms with Gasteiger partial charge in [-0.3, -0.25) is 0 Å². The van der Waals surface area contributed by atoms with Crippen LogP contribution in [0, 0.1) is 13.8 Å². The average Bonchev–Trinajstić information content (AvgIpc) is 2.65. The minimum absolute atomic E-state index is 0.575. The zero-order chi connectivity index (χ0) is 18.5. The second-order valence-electron chi connectivity index (χ2n) is 6.30. The molecule has 0 saturated carbocycles. The fraction of sp³-hybridized carbons (Fsp3) is 0.455. The topological polar surface area (TPSA) is 36.9 Å². The predicted molar refractivity (Wildman–Crippen MR) is 103 cm³/mol. The lowest BCUT2D eigenvalue weighted by atomic mass is 10.2. The molecule has 0 atom stereocenters. The second-order valence-corrected chi connectivity index (χ2v) is 6.30. The van der Waals surface area contributed by atoms with Gasteiger partial charge in [-0.2, -0.15) is 0 Å². The van der Waals surface area contributed by atoms with E-state index in [1.54, 1.807) is 0 Å². The van der Waals surface area contributed by atoms with E-state index in [-0.39, 0.29) is 0 Å². The van der Waals surface area contributed by atoms with Gasteiger partial charge < -0.3 is 18.9 Å². The summed E-state index contributed by atoms with van der Waals surface area (Å²) in [4.78, 5) is 0. The van der Waals surface area contributed by atoms with E-state index >= 15 is 0 Å². The first-order chi connectivity index (χ1) is 12.7. The molecule has 0 N–H and O–H groups in total. The minimum atomic E-state index is 0.575. The van der Waals surface area contributed by atoms with Crippen LogP contribution in [0.4, 0.5) is 0 Å². The van der Waals surface area contributed by atoms with Crippen molar-refractivity contribution in [2.45, 2.75) is 27.1 Å². The first-order valence-electron chi connectivity index (χ1n) is 9.16. The number of hydrogen-bond acceptors (Lipinski definition) is 4. The zero-order valence-electron chi connectivity index (χ0n) is 15.9. The van der Waals surface area contributed by atoms with Crippen LogP contribution in [0.3, 0.4) is 0 Å². The highest BCUT2D eigenvalue weighted by Gasteiger charge is 1.96. The highest BCUT2D eigenvalue weighted by Crippen LogP contribution is 2.05. The Bertz CT molecular complexity index is 537. The van der Waals surface area contributed by atoms with Gasteiger partial charge in [0.05, 0.1) is 52.9 Å².